The number of likely N-dealkylation sites (N-methyl/N-ethyl adjacent to an activating group) is 1. The average molecular weight is 366 g/mol. The number of alkyl halides is 2. The number of benzene rings is 2. The van der Waals surface area contributed by atoms with Gasteiger partial charge in [-0.2, -0.15) is 8.78 Å². The van der Waals surface area contributed by atoms with Gasteiger partial charge in [-0.15, -0.1) is 0 Å². The molecule has 0 bridgehead atoms. The zero-order valence-corrected chi connectivity index (χ0v) is 14.6. The second-order valence-corrected chi connectivity index (χ2v) is 6.06. The average Bonchev–Trinajstić information content (AvgIpc) is 2.57. The van der Waals surface area contributed by atoms with Gasteiger partial charge in [0.05, 0.1) is 6.54 Å². The number of ether oxygens (including phenoxy) is 1. The van der Waals surface area contributed by atoms with Gasteiger partial charge in [0.25, 0.3) is 0 Å². The highest BCUT2D eigenvalue weighted by atomic mass is 19.3. The number of halogens is 3. The van der Waals surface area contributed by atoms with Crippen molar-refractivity contribution in [2.45, 2.75) is 26.6 Å². The van der Waals surface area contributed by atoms with Gasteiger partial charge in [0.2, 0.25) is 5.91 Å². The van der Waals surface area contributed by atoms with Crippen molar-refractivity contribution < 1.29 is 22.7 Å². The van der Waals surface area contributed by atoms with Crippen LogP contribution in [0.4, 0.5) is 13.2 Å². The van der Waals surface area contributed by atoms with Gasteiger partial charge < -0.3 is 10.1 Å². The fourth-order valence-electron chi connectivity index (χ4n) is 2.39. The summed E-state index contributed by atoms with van der Waals surface area (Å²) >= 11 is 0. The molecule has 2 aromatic carbocycles. The molecule has 2 aromatic rings. The molecule has 4 nitrogen and oxygen atoms in total. The Morgan fingerprint density at radius 2 is 1.81 bits per heavy atom. The predicted molar refractivity (Wildman–Crippen MR) is 92.4 cm³/mol. The Balaban J connectivity index is 1.78. The molecule has 0 aliphatic carbocycles. The molecule has 0 fully saturated rings. The zero-order valence-electron chi connectivity index (χ0n) is 14.6. The van der Waals surface area contributed by atoms with Crippen molar-refractivity contribution in [3.8, 4) is 5.75 Å². The number of nitrogens with one attached hydrogen (secondary N) is 1. The molecule has 0 aliphatic rings. The fraction of sp³-hybridized carbons (Fsp3) is 0.316. The Bertz CT molecular complexity index is 736. The molecule has 26 heavy (non-hydrogen) atoms. The smallest absolute Gasteiger partial charge is 0.387 e. The van der Waals surface area contributed by atoms with Gasteiger partial charge in [0.15, 0.2) is 0 Å². The number of carbonyl (C=O) groups excluding carboxylic acids is 1. The van der Waals surface area contributed by atoms with E-state index in [9.17, 15) is 18.0 Å². The summed E-state index contributed by atoms with van der Waals surface area (Å²) in [4.78, 5) is 13.8. The van der Waals surface area contributed by atoms with Crippen LogP contribution in [0.3, 0.4) is 0 Å². The first-order chi connectivity index (χ1) is 12.3. The van der Waals surface area contributed by atoms with E-state index >= 15 is 0 Å². The van der Waals surface area contributed by atoms with Crippen molar-refractivity contribution in [1.82, 2.24) is 10.2 Å². The Morgan fingerprint density at radius 1 is 1.15 bits per heavy atom. The lowest BCUT2D eigenvalue weighted by atomic mass is 10.1. The monoisotopic (exact) mass is 366 g/mol. The van der Waals surface area contributed by atoms with Gasteiger partial charge in [-0.25, -0.2) is 4.39 Å². The third-order valence-electron chi connectivity index (χ3n) is 3.74. The largest absolute Gasteiger partial charge is 0.435 e. The molecular weight excluding hydrogens is 345 g/mol. The van der Waals surface area contributed by atoms with E-state index in [1.54, 1.807) is 43.1 Å². The van der Waals surface area contributed by atoms with Crippen molar-refractivity contribution >= 4 is 5.91 Å². The van der Waals surface area contributed by atoms with Crippen molar-refractivity contribution in [2.24, 2.45) is 0 Å². The maximum absolute atomic E-state index is 13.5. The van der Waals surface area contributed by atoms with Crippen LogP contribution in [0.15, 0.2) is 42.5 Å². The second-order valence-electron chi connectivity index (χ2n) is 6.06. The van der Waals surface area contributed by atoms with E-state index < -0.39 is 6.61 Å². The molecule has 0 aromatic heterocycles. The van der Waals surface area contributed by atoms with Crippen LogP contribution in [0.1, 0.15) is 16.7 Å². The standard InChI is InChI=1S/C19H21F3N2O2/c1-13-3-4-15(9-17(13)20)10-23-18(25)12-24(2)11-14-5-7-16(8-6-14)26-19(21)22/h3-9,19H,10-12H2,1-2H3,(H,23,25). The van der Waals surface area contributed by atoms with Crippen molar-refractivity contribution in [3.05, 3.63) is 65.0 Å². The van der Waals surface area contributed by atoms with Crippen LogP contribution in [-0.2, 0) is 17.9 Å². The van der Waals surface area contributed by atoms with Crippen molar-refractivity contribution in [2.75, 3.05) is 13.6 Å². The Labute approximate surface area is 150 Å². The fourth-order valence-corrected chi connectivity index (χ4v) is 2.39. The molecule has 0 aliphatic heterocycles. The minimum absolute atomic E-state index is 0.0921. The van der Waals surface area contributed by atoms with Crippen LogP contribution >= 0.6 is 0 Å². The minimum Gasteiger partial charge on any atom is -0.435 e. The summed E-state index contributed by atoms with van der Waals surface area (Å²) in [6.45, 7) is -0.290. The molecule has 0 saturated carbocycles. The maximum Gasteiger partial charge on any atom is 0.387 e. The van der Waals surface area contributed by atoms with E-state index in [1.807, 2.05) is 0 Å². The molecule has 140 valence electrons. The van der Waals surface area contributed by atoms with E-state index in [-0.39, 0.29) is 30.6 Å². The van der Waals surface area contributed by atoms with Gasteiger partial charge in [0, 0.05) is 13.1 Å². The number of hydrogen-bond acceptors (Lipinski definition) is 3. The lowest BCUT2D eigenvalue weighted by Crippen LogP contribution is -2.34. The van der Waals surface area contributed by atoms with Crippen LogP contribution < -0.4 is 10.1 Å². The minimum atomic E-state index is -2.85. The normalized spacial score (nSPS) is 11.0. The van der Waals surface area contributed by atoms with E-state index in [0.29, 0.717) is 17.7 Å². The summed E-state index contributed by atoms with van der Waals surface area (Å²) in [7, 11) is 1.77. The Morgan fingerprint density at radius 3 is 2.42 bits per heavy atom. The van der Waals surface area contributed by atoms with Gasteiger partial charge in [-0.3, -0.25) is 9.69 Å². The van der Waals surface area contributed by atoms with Crippen LogP contribution in [0, 0.1) is 12.7 Å². The van der Waals surface area contributed by atoms with Gasteiger partial charge in [-0.05, 0) is 48.9 Å². The van der Waals surface area contributed by atoms with Crippen LogP contribution in [-0.4, -0.2) is 31.0 Å². The van der Waals surface area contributed by atoms with Crippen LogP contribution in [0.25, 0.3) is 0 Å². The molecule has 2 rings (SSSR count). The molecule has 0 heterocycles. The van der Waals surface area contributed by atoms with E-state index in [4.69, 9.17) is 0 Å². The molecule has 1 amide bonds. The molecule has 0 unspecified atom stereocenters. The number of carbonyl (C=O) groups is 1. The van der Waals surface area contributed by atoms with E-state index in [0.717, 1.165) is 5.56 Å². The van der Waals surface area contributed by atoms with Crippen molar-refractivity contribution in [1.29, 1.82) is 0 Å². The SMILES string of the molecule is Cc1ccc(CNC(=O)CN(C)Cc2ccc(OC(F)F)cc2)cc1F. The maximum atomic E-state index is 13.5. The number of amides is 1. The summed E-state index contributed by atoms with van der Waals surface area (Å²) in [5.74, 6) is -0.395. The molecule has 0 atom stereocenters. The number of rotatable bonds is 8. The first-order valence-corrected chi connectivity index (χ1v) is 8.07. The van der Waals surface area contributed by atoms with Gasteiger partial charge >= 0.3 is 6.61 Å². The summed E-state index contributed by atoms with van der Waals surface area (Å²) in [6, 6.07) is 11.1. The number of hydrogen-bond donors (Lipinski definition) is 1. The Hall–Kier alpha value is -2.54. The summed E-state index contributed by atoms with van der Waals surface area (Å²) in [5, 5.41) is 2.74. The highest BCUT2D eigenvalue weighted by Gasteiger charge is 2.09. The first kappa shape index (κ1) is 19.8. The van der Waals surface area contributed by atoms with Crippen LogP contribution in [0.5, 0.6) is 5.75 Å². The quantitative estimate of drug-likeness (QED) is 0.778. The molecule has 0 saturated heterocycles. The lowest BCUT2D eigenvalue weighted by Gasteiger charge is -2.17. The van der Waals surface area contributed by atoms with Gasteiger partial charge in [0.1, 0.15) is 11.6 Å². The predicted octanol–water partition coefficient (Wildman–Crippen LogP) is 3.48. The zero-order chi connectivity index (χ0) is 19.1. The number of aryl methyl sites for hydroxylation is 1. The molecule has 0 radical (unpaired) electrons. The highest BCUT2D eigenvalue weighted by Crippen LogP contribution is 2.15. The third-order valence-corrected chi connectivity index (χ3v) is 3.74. The van der Waals surface area contributed by atoms with Crippen molar-refractivity contribution in [3.63, 3.8) is 0 Å². The van der Waals surface area contributed by atoms with Gasteiger partial charge in [-0.1, -0.05) is 24.3 Å². The molecule has 1 N–H and O–H groups in total. The van der Waals surface area contributed by atoms with E-state index in [1.165, 1.54) is 18.2 Å². The lowest BCUT2D eigenvalue weighted by molar-refractivity contribution is -0.122. The summed E-state index contributed by atoms with van der Waals surface area (Å²) in [6.07, 6.45) is 0. The first-order valence-electron chi connectivity index (χ1n) is 8.07. The number of nitrogens with zero attached hydrogens (tertiary/aromatic N) is 1. The van der Waals surface area contributed by atoms with E-state index in [2.05, 4.69) is 10.1 Å². The Kier molecular flexibility index (Phi) is 7.03. The molecule has 7 heteroatoms. The summed E-state index contributed by atoms with van der Waals surface area (Å²) in [5.41, 5.74) is 2.12. The summed E-state index contributed by atoms with van der Waals surface area (Å²) < 4.78 is 42.0. The third kappa shape index (κ3) is 6.40. The second kappa shape index (κ2) is 9.24. The topological polar surface area (TPSA) is 41.6 Å². The molecular formula is C19H21F3N2O2. The molecule has 0 spiro atoms. The highest BCUT2D eigenvalue weighted by molar-refractivity contribution is 5.77. The van der Waals surface area contributed by atoms with Crippen LogP contribution in [0.2, 0.25) is 0 Å².